The van der Waals surface area contributed by atoms with Gasteiger partial charge in [0.05, 0.1) is 18.2 Å². The second-order valence-electron chi connectivity index (χ2n) is 5.17. The highest BCUT2D eigenvalue weighted by Crippen LogP contribution is 2.14. The Bertz CT molecular complexity index is 537. The molecule has 1 fully saturated rings. The van der Waals surface area contributed by atoms with Gasteiger partial charge >= 0.3 is 0 Å². The molecule has 21 heavy (non-hydrogen) atoms. The van der Waals surface area contributed by atoms with Crippen LogP contribution in [0.3, 0.4) is 0 Å². The van der Waals surface area contributed by atoms with E-state index in [4.69, 9.17) is 10.00 Å². The largest absolute Gasteiger partial charge is 0.381 e. The molecule has 0 N–H and O–H groups in total. The van der Waals surface area contributed by atoms with Gasteiger partial charge in [0.2, 0.25) is 5.91 Å². The van der Waals surface area contributed by atoms with Gasteiger partial charge in [0.15, 0.2) is 0 Å². The van der Waals surface area contributed by atoms with Crippen LogP contribution >= 0.6 is 0 Å². The molecule has 1 atom stereocenters. The van der Waals surface area contributed by atoms with E-state index in [1.54, 1.807) is 24.3 Å². The van der Waals surface area contributed by atoms with Gasteiger partial charge in [-0.2, -0.15) is 5.26 Å². The number of nitrogens with zero attached hydrogens (tertiary/aromatic N) is 2. The molecular formula is C17H20N2O2. The van der Waals surface area contributed by atoms with Crippen molar-refractivity contribution < 1.29 is 9.53 Å². The third-order valence-electron chi connectivity index (χ3n) is 3.65. The molecule has 0 spiro atoms. The average Bonchev–Trinajstić information content (AvgIpc) is 3.03. The number of hydrogen-bond acceptors (Lipinski definition) is 3. The number of ether oxygens (including phenoxy) is 1. The predicted octanol–water partition coefficient (Wildman–Crippen LogP) is 2.46. The lowest BCUT2D eigenvalue weighted by molar-refractivity contribution is -0.126. The van der Waals surface area contributed by atoms with Crippen LogP contribution < -0.4 is 0 Å². The van der Waals surface area contributed by atoms with Gasteiger partial charge in [0, 0.05) is 31.7 Å². The van der Waals surface area contributed by atoms with Crippen molar-refractivity contribution in [3.63, 3.8) is 0 Å². The summed E-state index contributed by atoms with van der Waals surface area (Å²) in [5, 5.41) is 8.75. The quantitative estimate of drug-likeness (QED) is 0.780. The highest BCUT2D eigenvalue weighted by atomic mass is 16.5. The van der Waals surface area contributed by atoms with Gasteiger partial charge in [0.25, 0.3) is 0 Å². The lowest BCUT2D eigenvalue weighted by atomic mass is 10.1. The summed E-state index contributed by atoms with van der Waals surface area (Å²) in [4.78, 5) is 14.1. The van der Waals surface area contributed by atoms with Crippen LogP contribution in [0.2, 0.25) is 0 Å². The van der Waals surface area contributed by atoms with Crippen LogP contribution in [-0.2, 0) is 9.53 Å². The average molecular weight is 284 g/mol. The Kier molecular flexibility index (Phi) is 5.53. The summed E-state index contributed by atoms with van der Waals surface area (Å²) >= 11 is 0. The van der Waals surface area contributed by atoms with E-state index in [0.29, 0.717) is 18.0 Å². The van der Waals surface area contributed by atoms with E-state index in [1.165, 1.54) is 0 Å². The van der Waals surface area contributed by atoms with E-state index in [1.807, 2.05) is 24.0 Å². The second kappa shape index (κ2) is 7.61. The summed E-state index contributed by atoms with van der Waals surface area (Å²) in [6, 6.07) is 9.24. The molecule has 0 saturated carbocycles. The third-order valence-corrected chi connectivity index (χ3v) is 3.65. The molecule has 2 rings (SSSR count). The minimum Gasteiger partial charge on any atom is -0.381 e. The first kappa shape index (κ1) is 15.3. The summed E-state index contributed by atoms with van der Waals surface area (Å²) < 4.78 is 5.35. The number of carbonyl (C=O) groups is 1. The lowest BCUT2D eigenvalue weighted by Gasteiger charge is -2.22. The fourth-order valence-corrected chi connectivity index (χ4v) is 2.36. The topological polar surface area (TPSA) is 53.3 Å². The molecule has 4 heteroatoms. The van der Waals surface area contributed by atoms with E-state index in [2.05, 4.69) is 6.07 Å². The standard InChI is InChI=1S/C17H20N2O2/c1-2-19(12-16-9-10-21-13-16)17(20)8-7-14-3-5-15(11-18)6-4-14/h3-8,16H,2,9-10,12-13H2,1H3/b8-7+/t16-/m1/s1. The Morgan fingerprint density at radius 3 is 2.81 bits per heavy atom. The Morgan fingerprint density at radius 2 is 2.24 bits per heavy atom. The zero-order valence-corrected chi connectivity index (χ0v) is 12.3. The van der Waals surface area contributed by atoms with E-state index in [0.717, 1.165) is 31.7 Å². The molecule has 1 aliphatic heterocycles. The minimum absolute atomic E-state index is 0.0220. The number of hydrogen-bond donors (Lipinski definition) is 0. The number of likely N-dealkylation sites (N-methyl/N-ethyl adjacent to an activating group) is 1. The van der Waals surface area contributed by atoms with Crippen LogP contribution in [0.4, 0.5) is 0 Å². The van der Waals surface area contributed by atoms with Gasteiger partial charge in [-0.3, -0.25) is 4.79 Å². The molecule has 0 unspecified atom stereocenters. The molecule has 1 aromatic carbocycles. The van der Waals surface area contributed by atoms with Crippen molar-refractivity contribution in [2.45, 2.75) is 13.3 Å². The van der Waals surface area contributed by atoms with Crippen molar-refractivity contribution in [1.29, 1.82) is 5.26 Å². The van der Waals surface area contributed by atoms with Crippen LogP contribution in [0.1, 0.15) is 24.5 Å². The maximum atomic E-state index is 12.2. The molecule has 0 aliphatic carbocycles. The molecule has 0 bridgehead atoms. The minimum atomic E-state index is 0.0220. The van der Waals surface area contributed by atoms with Gasteiger partial charge < -0.3 is 9.64 Å². The van der Waals surface area contributed by atoms with Crippen molar-refractivity contribution in [2.24, 2.45) is 5.92 Å². The number of rotatable bonds is 5. The zero-order valence-electron chi connectivity index (χ0n) is 12.3. The van der Waals surface area contributed by atoms with Crippen LogP contribution in [0.25, 0.3) is 6.08 Å². The summed E-state index contributed by atoms with van der Waals surface area (Å²) in [5.74, 6) is 0.478. The summed E-state index contributed by atoms with van der Waals surface area (Å²) in [7, 11) is 0. The van der Waals surface area contributed by atoms with Crippen molar-refractivity contribution in [2.75, 3.05) is 26.3 Å². The smallest absolute Gasteiger partial charge is 0.246 e. The van der Waals surface area contributed by atoms with Gasteiger partial charge in [0.1, 0.15) is 0 Å². The van der Waals surface area contributed by atoms with Gasteiger partial charge in [-0.25, -0.2) is 0 Å². The number of amides is 1. The number of nitriles is 1. The Morgan fingerprint density at radius 1 is 1.48 bits per heavy atom. The first-order valence-corrected chi connectivity index (χ1v) is 7.28. The first-order valence-electron chi connectivity index (χ1n) is 7.28. The first-order chi connectivity index (χ1) is 10.2. The van der Waals surface area contributed by atoms with Crippen molar-refractivity contribution in [3.8, 4) is 6.07 Å². The predicted molar refractivity (Wildman–Crippen MR) is 81.4 cm³/mol. The fraction of sp³-hybridized carbons (Fsp3) is 0.412. The third kappa shape index (κ3) is 4.44. The summed E-state index contributed by atoms with van der Waals surface area (Å²) in [5.41, 5.74) is 1.54. The fourth-order valence-electron chi connectivity index (χ4n) is 2.36. The molecule has 1 aromatic rings. The number of benzene rings is 1. The van der Waals surface area contributed by atoms with Crippen molar-refractivity contribution >= 4 is 12.0 Å². The highest BCUT2D eigenvalue weighted by molar-refractivity contribution is 5.91. The number of carbonyl (C=O) groups excluding carboxylic acids is 1. The molecule has 1 heterocycles. The van der Waals surface area contributed by atoms with Crippen molar-refractivity contribution in [1.82, 2.24) is 4.90 Å². The Balaban J connectivity index is 1.93. The highest BCUT2D eigenvalue weighted by Gasteiger charge is 2.20. The monoisotopic (exact) mass is 284 g/mol. The summed E-state index contributed by atoms with van der Waals surface area (Å²) in [6.45, 7) is 5.00. The van der Waals surface area contributed by atoms with Crippen LogP contribution in [0, 0.1) is 17.2 Å². The van der Waals surface area contributed by atoms with Crippen LogP contribution in [0.15, 0.2) is 30.3 Å². The molecule has 4 nitrogen and oxygen atoms in total. The van der Waals surface area contributed by atoms with E-state index < -0.39 is 0 Å². The molecule has 110 valence electrons. The van der Waals surface area contributed by atoms with E-state index >= 15 is 0 Å². The van der Waals surface area contributed by atoms with Gasteiger partial charge in [-0.05, 0) is 37.1 Å². The Labute approximate surface area is 125 Å². The van der Waals surface area contributed by atoms with Crippen LogP contribution in [-0.4, -0.2) is 37.1 Å². The zero-order chi connectivity index (χ0) is 15.1. The second-order valence-corrected chi connectivity index (χ2v) is 5.17. The van der Waals surface area contributed by atoms with Crippen LogP contribution in [0.5, 0.6) is 0 Å². The maximum absolute atomic E-state index is 12.2. The summed E-state index contributed by atoms with van der Waals surface area (Å²) in [6.07, 6.45) is 4.42. The normalized spacial score (nSPS) is 17.8. The Hall–Kier alpha value is -2.12. The molecule has 1 aliphatic rings. The van der Waals surface area contributed by atoms with Gasteiger partial charge in [-0.15, -0.1) is 0 Å². The SMILES string of the molecule is CCN(C[C@H]1CCOC1)C(=O)/C=C/c1ccc(C#N)cc1. The van der Waals surface area contributed by atoms with Gasteiger partial charge in [-0.1, -0.05) is 12.1 Å². The lowest BCUT2D eigenvalue weighted by Crippen LogP contribution is -2.34. The molecule has 0 aromatic heterocycles. The maximum Gasteiger partial charge on any atom is 0.246 e. The van der Waals surface area contributed by atoms with E-state index in [9.17, 15) is 4.79 Å². The molecule has 1 saturated heterocycles. The van der Waals surface area contributed by atoms with Crippen molar-refractivity contribution in [3.05, 3.63) is 41.5 Å². The molecule has 1 amide bonds. The van der Waals surface area contributed by atoms with E-state index in [-0.39, 0.29) is 5.91 Å². The molecule has 0 radical (unpaired) electrons. The molecular weight excluding hydrogens is 264 g/mol.